The van der Waals surface area contributed by atoms with E-state index in [1.165, 1.54) is 0 Å². The Kier molecular flexibility index (Phi) is 7.81. The average molecular weight is 228 g/mol. The standard InChI is InChI=1S/C13H24O3/c1-2-3-9-16-13-7-5-4-6-12(14)11-15-10-8-13/h12-13H,1-11H2. The molecule has 2 atom stereocenters. The molecule has 3 heteroatoms. The van der Waals surface area contributed by atoms with Crippen LogP contribution in [0.3, 0.4) is 0 Å². The molecule has 0 bridgehead atoms. The Morgan fingerprint density at radius 2 is 2.06 bits per heavy atom. The molecule has 0 N–H and O–H groups in total. The van der Waals surface area contributed by atoms with Crippen LogP contribution in [-0.4, -0.2) is 32.0 Å². The van der Waals surface area contributed by atoms with Gasteiger partial charge in [-0.15, -0.1) is 0 Å². The van der Waals surface area contributed by atoms with Crippen molar-refractivity contribution in [1.29, 1.82) is 0 Å². The summed E-state index contributed by atoms with van der Waals surface area (Å²) in [6, 6.07) is 0. The van der Waals surface area contributed by atoms with Crippen LogP contribution < -0.4 is 0 Å². The lowest BCUT2D eigenvalue weighted by Gasteiger charge is -2.20. The van der Waals surface area contributed by atoms with E-state index in [9.17, 15) is 5.11 Å². The first-order valence-electron chi connectivity index (χ1n) is 6.47. The lowest BCUT2D eigenvalue weighted by Crippen LogP contribution is -2.21. The predicted molar refractivity (Wildman–Crippen MR) is 62.7 cm³/mol. The Morgan fingerprint density at radius 3 is 2.88 bits per heavy atom. The van der Waals surface area contributed by atoms with Gasteiger partial charge < -0.3 is 9.47 Å². The zero-order valence-corrected chi connectivity index (χ0v) is 10.2. The second kappa shape index (κ2) is 8.97. The van der Waals surface area contributed by atoms with Crippen LogP contribution in [0.15, 0.2) is 0 Å². The van der Waals surface area contributed by atoms with E-state index in [0.717, 1.165) is 51.6 Å². The fourth-order valence-corrected chi connectivity index (χ4v) is 1.92. The fourth-order valence-electron chi connectivity index (χ4n) is 1.92. The highest BCUT2D eigenvalue weighted by atomic mass is 16.5. The molecule has 1 aliphatic heterocycles. The lowest BCUT2D eigenvalue weighted by atomic mass is 10.1. The Labute approximate surface area is 99.1 Å². The second-order valence-corrected chi connectivity index (χ2v) is 4.47. The van der Waals surface area contributed by atoms with Crippen molar-refractivity contribution >= 4 is 0 Å². The highest BCUT2D eigenvalue weighted by Crippen LogP contribution is 2.14. The third-order valence-electron chi connectivity index (χ3n) is 2.94. The minimum Gasteiger partial charge on any atom is -0.379 e. The summed E-state index contributed by atoms with van der Waals surface area (Å²) in [5.74, 6) is 0. The van der Waals surface area contributed by atoms with Crippen LogP contribution in [0.25, 0.3) is 0 Å². The number of unbranched alkanes of at least 4 members (excludes halogenated alkanes) is 1. The summed E-state index contributed by atoms with van der Waals surface area (Å²) in [6.45, 7) is 5.63. The summed E-state index contributed by atoms with van der Waals surface area (Å²) in [6.07, 6.45) is 6.59. The molecule has 2 unspecified atom stereocenters. The van der Waals surface area contributed by atoms with Crippen LogP contribution in [-0.2, 0) is 14.6 Å². The van der Waals surface area contributed by atoms with Crippen molar-refractivity contribution in [2.45, 2.75) is 57.2 Å². The van der Waals surface area contributed by atoms with Gasteiger partial charge in [-0.1, -0.05) is 26.2 Å². The van der Waals surface area contributed by atoms with E-state index in [2.05, 4.69) is 6.92 Å². The van der Waals surface area contributed by atoms with Crippen molar-refractivity contribution in [1.82, 2.24) is 0 Å². The van der Waals surface area contributed by atoms with E-state index in [1.54, 1.807) is 0 Å². The maximum atomic E-state index is 11.3. The van der Waals surface area contributed by atoms with E-state index >= 15 is 0 Å². The van der Waals surface area contributed by atoms with Gasteiger partial charge >= 0.3 is 0 Å². The SMILES string of the molecule is [CH2]CCCOC1CCCCC([O])COCC1. The van der Waals surface area contributed by atoms with E-state index in [4.69, 9.17) is 9.47 Å². The quantitative estimate of drug-likeness (QED) is 0.694. The Bertz CT molecular complexity index is 149. The normalized spacial score (nSPS) is 28.9. The summed E-state index contributed by atoms with van der Waals surface area (Å²) < 4.78 is 11.1. The summed E-state index contributed by atoms with van der Waals surface area (Å²) >= 11 is 0. The van der Waals surface area contributed by atoms with Crippen LogP contribution in [0, 0.1) is 6.92 Å². The minimum absolute atomic E-state index is 0.315. The molecule has 3 nitrogen and oxygen atoms in total. The molecule has 94 valence electrons. The highest BCUT2D eigenvalue weighted by molar-refractivity contribution is 4.63. The summed E-state index contributed by atoms with van der Waals surface area (Å²) in [7, 11) is 0. The van der Waals surface area contributed by atoms with Crippen LogP contribution in [0.4, 0.5) is 0 Å². The molecular formula is C13H24O3. The molecule has 1 heterocycles. The van der Waals surface area contributed by atoms with E-state index in [-0.39, 0.29) is 0 Å². The zero-order chi connectivity index (χ0) is 11.6. The second-order valence-electron chi connectivity index (χ2n) is 4.47. The largest absolute Gasteiger partial charge is 0.379 e. The molecule has 0 aliphatic carbocycles. The molecule has 16 heavy (non-hydrogen) atoms. The third-order valence-corrected chi connectivity index (χ3v) is 2.94. The van der Waals surface area contributed by atoms with Crippen molar-refractivity contribution in [3.05, 3.63) is 6.92 Å². The van der Waals surface area contributed by atoms with Gasteiger partial charge in [-0.25, -0.2) is 5.11 Å². The van der Waals surface area contributed by atoms with Crippen molar-refractivity contribution in [3.8, 4) is 0 Å². The van der Waals surface area contributed by atoms with Crippen molar-refractivity contribution in [2.75, 3.05) is 19.8 Å². The maximum Gasteiger partial charge on any atom is 0.116 e. The molecule has 1 fully saturated rings. The summed E-state index contributed by atoms with van der Waals surface area (Å²) in [4.78, 5) is 0. The molecule has 1 aliphatic rings. The molecule has 0 amide bonds. The summed E-state index contributed by atoms with van der Waals surface area (Å²) in [5.41, 5.74) is 0. The highest BCUT2D eigenvalue weighted by Gasteiger charge is 2.13. The van der Waals surface area contributed by atoms with Gasteiger partial charge in [-0.2, -0.15) is 0 Å². The van der Waals surface area contributed by atoms with Crippen molar-refractivity contribution < 1.29 is 14.6 Å². The first-order chi connectivity index (χ1) is 7.83. The van der Waals surface area contributed by atoms with E-state index in [0.29, 0.717) is 19.3 Å². The fraction of sp³-hybridized carbons (Fsp3) is 0.923. The summed E-state index contributed by atoms with van der Waals surface area (Å²) in [5, 5.41) is 11.3. The van der Waals surface area contributed by atoms with Gasteiger partial charge in [0.15, 0.2) is 0 Å². The molecule has 0 spiro atoms. The first kappa shape index (κ1) is 13.9. The lowest BCUT2D eigenvalue weighted by molar-refractivity contribution is -0.0344. The molecule has 2 radical (unpaired) electrons. The Hall–Kier alpha value is -0.120. The molecule has 1 saturated heterocycles. The predicted octanol–water partition coefficient (Wildman–Crippen LogP) is 2.77. The van der Waals surface area contributed by atoms with Crippen molar-refractivity contribution in [2.24, 2.45) is 0 Å². The molecular weight excluding hydrogens is 204 g/mol. The zero-order valence-electron chi connectivity index (χ0n) is 10.2. The molecule has 1 rings (SSSR count). The van der Waals surface area contributed by atoms with Crippen LogP contribution in [0.2, 0.25) is 0 Å². The van der Waals surface area contributed by atoms with Gasteiger partial charge in [-0.3, -0.25) is 0 Å². The van der Waals surface area contributed by atoms with Crippen LogP contribution >= 0.6 is 0 Å². The van der Waals surface area contributed by atoms with Gasteiger partial charge in [0, 0.05) is 13.2 Å². The van der Waals surface area contributed by atoms with Gasteiger partial charge in [0.05, 0.1) is 12.7 Å². The van der Waals surface area contributed by atoms with Gasteiger partial charge in [0.25, 0.3) is 0 Å². The smallest absolute Gasteiger partial charge is 0.116 e. The molecule has 0 saturated carbocycles. The molecule has 0 aromatic rings. The first-order valence-corrected chi connectivity index (χ1v) is 6.47. The number of ether oxygens (including phenoxy) is 2. The number of hydrogen-bond acceptors (Lipinski definition) is 2. The average Bonchev–Trinajstić information content (AvgIpc) is 2.29. The van der Waals surface area contributed by atoms with E-state index < -0.39 is 6.10 Å². The topological polar surface area (TPSA) is 38.4 Å². The van der Waals surface area contributed by atoms with E-state index in [1.807, 2.05) is 0 Å². The monoisotopic (exact) mass is 228 g/mol. The van der Waals surface area contributed by atoms with Crippen molar-refractivity contribution in [3.63, 3.8) is 0 Å². The van der Waals surface area contributed by atoms with Crippen LogP contribution in [0.5, 0.6) is 0 Å². The molecule has 0 aromatic heterocycles. The van der Waals surface area contributed by atoms with Gasteiger partial charge in [0.1, 0.15) is 6.10 Å². The Balaban J connectivity index is 2.18. The minimum atomic E-state index is -0.524. The molecule has 0 aromatic carbocycles. The maximum absolute atomic E-state index is 11.3. The Morgan fingerprint density at radius 1 is 1.25 bits per heavy atom. The van der Waals surface area contributed by atoms with Gasteiger partial charge in [-0.05, 0) is 25.7 Å². The third kappa shape index (κ3) is 6.46. The van der Waals surface area contributed by atoms with Gasteiger partial charge in [0.2, 0.25) is 0 Å². The van der Waals surface area contributed by atoms with Crippen LogP contribution in [0.1, 0.15) is 44.9 Å². The number of hydrogen-bond donors (Lipinski definition) is 0. The number of rotatable bonds is 4.